The molecule has 7 heteroatoms. The van der Waals surface area contributed by atoms with Gasteiger partial charge in [-0.15, -0.1) is 0 Å². The summed E-state index contributed by atoms with van der Waals surface area (Å²) in [5, 5.41) is 2.80. The number of halogens is 1. The van der Waals surface area contributed by atoms with Gasteiger partial charge in [0.1, 0.15) is 11.9 Å². The quantitative estimate of drug-likeness (QED) is 0.768. The molecule has 0 bridgehead atoms. The Morgan fingerprint density at radius 3 is 2.27 bits per heavy atom. The van der Waals surface area contributed by atoms with Crippen LogP contribution >= 0.6 is 0 Å². The number of hydrogen-bond acceptors (Lipinski definition) is 3. The van der Waals surface area contributed by atoms with Gasteiger partial charge in [-0.05, 0) is 42.7 Å². The van der Waals surface area contributed by atoms with Gasteiger partial charge in [-0.2, -0.15) is 0 Å². The molecule has 2 aromatic carbocycles. The van der Waals surface area contributed by atoms with Crippen molar-refractivity contribution in [1.82, 2.24) is 5.32 Å². The molecule has 1 N–H and O–H groups in total. The Hall–Kier alpha value is -2.41. The van der Waals surface area contributed by atoms with Crippen LogP contribution in [0.4, 0.5) is 10.1 Å². The van der Waals surface area contributed by atoms with E-state index in [1.165, 1.54) is 24.3 Å². The molecule has 1 amide bonds. The van der Waals surface area contributed by atoms with Gasteiger partial charge in [0.05, 0.1) is 11.9 Å². The van der Waals surface area contributed by atoms with Gasteiger partial charge in [-0.3, -0.25) is 9.10 Å². The van der Waals surface area contributed by atoms with Crippen LogP contribution in [-0.2, 0) is 21.2 Å². The second kappa shape index (κ2) is 8.80. The fourth-order valence-electron chi connectivity index (χ4n) is 2.74. The third kappa shape index (κ3) is 5.29. The number of carbonyl (C=O) groups excluding carboxylic acids is 1. The van der Waals surface area contributed by atoms with Gasteiger partial charge < -0.3 is 5.32 Å². The van der Waals surface area contributed by atoms with Crippen LogP contribution in [-0.4, -0.2) is 33.2 Å². The second-order valence-corrected chi connectivity index (χ2v) is 7.85. The summed E-state index contributed by atoms with van der Waals surface area (Å²) in [5.74, 6) is -0.847. The number of anilines is 1. The third-order valence-corrected chi connectivity index (χ3v) is 5.15. The maximum Gasteiger partial charge on any atom is 0.243 e. The van der Waals surface area contributed by atoms with E-state index in [-0.39, 0.29) is 11.6 Å². The number of sulfonamides is 1. The van der Waals surface area contributed by atoms with Crippen LogP contribution in [0.3, 0.4) is 0 Å². The summed E-state index contributed by atoms with van der Waals surface area (Å²) in [5.41, 5.74) is 1.35. The van der Waals surface area contributed by atoms with Crippen LogP contribution in [0.1, 0.15) is 18.9 Å². The van der Waals surface area contributed by atoms with Crippen molar-refractivity contribution in [2.45, 2.75) is 25.8 Å². The first-order valence-corrected chi connectivity index (χ1v) is 10.2. The van der Waals surface area contributed by atoms with Crippen molar-refractivity contribution in [1.29, 1.82) is 0 Å². The van der Waals surface area contributed by atoms with Crippen molar-refractivity contribution < 1.29 is 17.6 Å². The molecule has 0 fully saturated rings. The van der Waals surface area contributed by atoms with E-state index in [4.69, 9.17) is 0 Å². The molecule has 0 aliphatic heterocycles. The minimum absolute atomic E-state index is 0.263. The van der Waals surface area contributed by atoms with Crippen LogP contribution < -0.4 is 9.62 Å². The van der Waals surface area contributed by atoms with Crippen molar-refractivity contribution in [3.05, 3.63) is 66.0 Å². The summed E-state index contributed by atoms with van der Waals surface area (Å²) in [6.07, 6.45) is 1.98. The fourth-order valence-corrected chi connectivity index (χ4v) is 3.95. The Balaban J connectivity index is 2.13. The van der Waals surface area contributed by atoms with E-state index in [2.05, 4.69) is 5.32 Å². The normalized spacial score (nSPS) is 12.4. The molecule has 0 aliphatic rings. The number of nitrogens with one attached hydrogen (secondary N) is 1. The summed E-state index contributed by atoms with van der Waals surface area (Å²) >= 11 is 0. The highest BCUT2D eigenvalue weighted by Gasteiger charge is 2.31. The van der Waals surface area contributed by atoms with Gasteiger partial charge in [0.2, 0.25) is 15.9 Å². The highest BCUT2D eigenvalue weighted by molar-refractivity contribution is 7.92. The lowest BCUT2D eigenvalue weighted by atomic mass is 10.1. The number of benzene rings is 2. The fraction of sp³-hybridized carbons (Fsp3) is 0.316. The molecule has 0 aromatic heterocycles. The van der Waals surface area contributed by atoms with Crippen LogP contribution in [0, 0.1) is 5.82 Å². The molecule has 0 saturated carbocycles. The lowest BCUT2D eigenvalue weighted by Crippen LogP contribution is -2.49. The van der Waals surface area contributed by atoms with Crippen LogP contribution in [0.5, 0.6) is 0 Å². The van der Waals surface area contributed by atoms with E-state index in [1.54, 1.807) is 6.92 Å². The van der Waals surface area contributed by atoms with Crippen molar-refractivity contribution in [2.75, 3.05) is 17.1 Å². The molecule has 2 aromatic rings. The van der Waals surface area contributed by atoms with Crippen LogP contribution in [0.25, 0.3) is 0 Å². The average molecular weight is 378 g/mol. The molecule has 140 valence electrons. The molecule has 0 aliphatic carbocycles. The average Bonchev–Trinajstić information content (AvgIpc) is 2.60. The molecule has 26 heavy (non-hydrogen) atoms. The van der Waals surface area contributed by atoms with E-state index in [1.807, 2.05) is 30.3 Å². The summed E-state index contributed by atoms with van der Waals surface area (Å²) < 4.78 is 38.8. The largest absolute Gasteiger partial charge is 0.354 e. The van der Waals surface area contributed by atoms with E-state index < -0.39 is 21.9 Å². The van der Waals surface area contributed by atoms with E-state index in [0.717, 1.165) is 16.1 Å². The molecule has 0 radical (unpaired) electrons. The number of rotatable bonds is 8. The first-order chi connectivity index (χ1) is 12.3. The van der Waals surface area contributed by atoms with Crippen molar-refractivity contribution >= 4 is 21.6 Å². The molecule has 0 unspecified atom stereocenters. The Labute approximate surface area is 153 Å². The summed E-state index contributed by atoms with van der Waals surface area (Å²) in [6.45, 7) is 2.14. The monoisotopic (exact) mass is 378 g/mol. The molecule has 0 saturated heterocycles. The van der Waals surface area contributed by atoms with E-state index in [9.17, 15) is 17.6 Å². The number of nitrogens with zero attached hydrogens (tertiary/aromatic N) is 1. The van der Waals surface area contributed by atoms with Gasteiger partial charge in [-0.25, -0.2) is 12.8 Å². The molecular weight excluding hydrogens is 355 g/mol. The minimum atomic E-state index is -3.71. The molecular formula is C19H23FN2O3S. The van der Waals surface area contributed by atoms with Crippen molar-refractivity contribution in [2.24, 2.45) is 0 Å². The Kier molecular flexibility index (Phi) is 6.74. The lowest BCUT2D eigenvalue weighted by Gasteiger charge is -2.30. The zero-order chi connectivity index (χ0) is 19.2. The zero-order valence-corrected chi connectivity index (χ0v) is 15.7. The zero-order valence-electron chi connectivity index (χ0n) is 14.9. The van der Waals surface area contributed by atoms with Crippen LogP contribution in [0.2, 0.25) is 0 Å². The molecule has 5 nitrogen and oxygen atoms in total. The van der Waals surface area contributed by atoms with Gasteiger partial charge in [0, 0.05) is 6.54 Å². The van der Waals surface area contributed by atoms with Gasteiger partial charge in [0.25, 0.3) is 0 Å². The number of carbonyl (C=O) groups is 1. The van der Waals surface area contributed by atoms with E-state index >= 15 is 0 Å². The number of hydrogen-bond donors (Lipinski definition) is 1. The highest BCUT2D eigenvalue weighted by Crippen LogP contribution is 2.22. The standard InChI is InChI=1S/C19H23FN2O3S/c1-3-18(19(23)21-14-13-15-7-5-4-6-8-15)22(26(2,24)25)17-11-9-16(20)10-12-17/h4-12,18H,3,13-14H2,1-2H3,(H,21,23)/t18-/m0/s1. The topological polar surface area (TPSA) is 66.5 Å². The van der Waals surface area contributed by atoms with Crippen LogP contribution in [0.15, 0.2) is 54.6 Å². The maximum absolute atomic E-state index is 13.2. The molecule has 0 spiro atoms. The SMILES string of the molecule is CC[C@@H](C(=O)NCCc1ccccc1)N(c1ccc(F)cc1)S(C)(=O)=O. The van der Waals surface area contributed by atoms with Gasteiger partial charge >= 0.3 is 0 Å². The molecule has 0 heterocycles. The Morgan fingerprint density at radius 2 is 1.73 bits per heavy atom. The van der Waals surface area contributed by atoms with E-state index in [0.29, 0.717) is 19.4 Å². The predicted octanol–water partition coefficient (Wildman–Crippen LogP) is 2.73. The summed E-state index contributed by atoms with van der Waals surface area (Å²) in [6, 6.07) is 13.9. The predicted molar refractivity (Wildman–Crippen MR) is 101 cm³/mol. The van der Waals surface area contributed by atoms with Crippen molar-refractivity contribution in [3.8, 4) is 0 Å². The smallest absolute Gasteiger partial charge is 0.243 e. The molecule has 1 atom stereocenters. The first kappa shape index (κ1) is 19.9. The summed E-state index contributed by atoms with van der Waals surface area (Å²) in [4.78, 5) is 12.6. The Morgan fingerprint density at radius 1 is 1.12 bits per heavy atom. The van der Waals surface area contributed by atoms with Gasteiger partial charge in [-0.1, -0.05) is 37.3 Å². The lowest BCUT2D eigenvalue weighted by molar-refractivity contribution is -0.122. The highest BCUT2D eigenvalue weighted by atomic mass is 32.2. The first-order valence-electron chi connectivity index (χ1n) is 8.39. The maximum atomic E-state index is 13.2. The third-order valence-electron chi connectivity index (χ3n) is 3.97. The Bertz CT molecular complexity index is 824. The number of amides is 1. The minimum Gasteiger partial charge on any atom is -0.354 e. The molecule has 2 rings (SSSR count). The summed E-state index contributed by atoms with van der Waals surface area (Å²) in [7, 11) is -3.71. The van der Waals surface area contributed by atoms with Gasteiger partial charge in [0.15, 0.2) is 0 Å². The second-order valence-electron chi connectivity index (χ2n) is 5.99. The van der Waals surface area contributed by atoms with Crippen molar-refractivity contribution in [3.63, 3.8) is 0 Å².